The Morgan fingerprint density at radius 2 is 2.07 bits per heavy atom. The molecule has 29 heavy (non-hydrogen) atoms. The van der Waals surface area contributed by atoms with E-state index in [9.17, 15) is 0 Å². The van der Waals surface area contributed by atoms with E-state index in [-0.39, 0.29) is 12.7 Å². The highest BCUT2D eigenvalue weighted by molar-refractivity contribution is 7.80. The largest absolute Gasteiger partial charge is 0.467 e. The van der Waals surface area contributed by atoms with Crippen LogP contribution in [0.3, 0.4) is 0 Å². The van der Waals surface area contributed by atoms with E-state index in [1.165, 1.54) is 0 Å². The second-order valence-corrected chi connectivity index (χ2v) is 16.5. The van der Waals surface area contributed by atoms with Gasteiger partial charge in [-0.25, -0.2) is 4.98 Å². The number of hydrogen-bond acceptors (Lipinski definition) is 5. The molecule has 1 fully saturated rings. The molecule has 1 unspecified atom stereocenters. The van der Waals surface area contributed by atoms with Gasteiger partial charge in [-0.15, -0.1) is 11.3 Å². The van der Waals surface area contributed by atoms with Crippen molar-refractivity contribution in [3.63, 3.8) is 0 Å². The molecule has 2 aromatic rings. The summed E-state index contributed by atoms with van der Waals surface area (Å²) in [6.07, 6.45) is 2.59. The highest BCUT2D eigenvalue weighted by Crippen LogP contribution is 2.44. The smallest absolute Gasteiger partial charge is 0.189 e. The summed E-state index contributed by atoms with van der Waals surface area (Å²) >= 11 is 20.2. The van der Waals surface area contributed by atoms with Crippen molar-refractivity contribution < 1.29 is 9.47 Å². The highest BCUT2D eigenvalue weighted by atomic mass is 35.5. The maximum absolute atomic E-state index is 6.61. The van der Waals surface area contributed by atoms with Crippen molar-refractivity contribution in [1.82, 2.24) is 4.98 Å². The lowest BCUT2D eigenvalue weighted by atomic mass is 9.97. The standard InChI is InChI=1S/C20H26Cl2N2O2S2Si/c1-13-23-10-18(28-13)24-11-14(9-17(24)27)19-16(6-5-15(21)20(19)22)26-12-25-7-8-29(2,3)4/h5-6,10,14H,7-9,11-12H2,1-4H3. The van der Waals surface area contributed by atoms with E-state index < -0.39 is 8.07 Å². The Bertz CT molecular complexity index is 886. The zero-order valence-corrected chi connectivity index (χ0v) is 21.3. The van der Waals surface area contributed by atoms with E-state index in [1.54, 1.807) is 17.4 Å². The topological polar surface area (TPSA) is 34.6 Å². The Morgan fingerprint density at radius 3 is 2.72 bits per heavy atom. The second kappa shape index (κ2) is 9.62. The summed E-state index contributed by atoms with van der Waals surface area (Å²) in [6.45, 7) is 10.6. The van der Waals surface area contributed by atoms with Gasteiger partial charge in [0.1, 0.15) is 10.8 Å². The Morgan fingerprint density at radius 1 is 1.31 bits per heavy atom. The van der Waals surface area contributed by atoms with Gasteiger partial charge in [0.05, 0.1) is 26.2 Å². The maximum Gasteiger partial charge on any atom is 0.189 e. The maximum atomic E-state index is 6.61. The molecule has 0 N–H and O–H groups in total. The third kappa shape index (κ3) is 5.93. The van der Waals surface area contributed by atoms with Crippen LogP contribution in [0.5, 0.6) is 5.75 Å². The summed E-state index contributed by atoms with van der Waals surface area (Å²) in [6, 6.07) is 4.74. The highest BCUT2D eigenvalue weighted by Gasteiger charge is 2.33. The first-order valence-electron chi connectivity index (χ1n) is 9.57. The van der Waals surface area contributed by atoms with Crippen molar-refractivity contribution >= 4 is 64.8 Å². The second-order valence-electron chi connectivity index (χ2n) is 8.38. The number of benzene rings is 1. The van der Waals surface area contributed by atoms with Gasteiger partial charge in [-0.1, -0.05) is 55.1 Å². The molecular weight excluding hydrogens is 463 g/mol. The third-order valence-electron chi connectivity index (χ3n) is 4.80. The lowest BCUT2D eigenvalue weighted by Crippen LogP contribution is -2.22. The number of nitrogens with zero attached hydrogens (tertiary/aromatic N) is 2. The molecule has 1 atom stereocenters. The number of anilines is 1. The van der Waals surface area contributed by atoms with Gasteiger partial charge in [0.2, 0.25) is 0 Å². The fourth-order valence-corrected chi connectivity index (χ4v) is 5.66. The van der Waals surface area contributed by atoms with Crippen LogP contribution in [0.25, 0.3) is 0 Å². The van der Waals surface area contributed by atoms with Crippen LogP contribution in [0.15, 0.2) is 18.3 Å². The molecule has 4 nitrogen and oxygen atoms in total. The van der Waals surface area contributed by atoms with E-state index in [2.05, 4.69) is 29.5 Å². The molecule has 158 valence electrons. The first kappa shape index (κ1) is 23.0. The molecular formula is C20H26Cl2N2O2S2Si. The molecule has 0 aliphatic carbocycles. The summed E-state index contributed by atoms with van der Waals surface area (Å²) in [5.41, 5.74) is 0.902. The van der Waals surface area contributed by atoms with Crippen LogP contribution in [0.2, 0.25) is 35.7 Å². The van der Waals surface area contributed by atoms with Gasteiger partial charge in [0.25, 0.3) is 0 Å². The van der Waals surface area contributed by atoms with Crippen molar-refractivity contribution in [3.05, 3.63) is 38.9 Å². The van der Waals surface area contributed by atoms with Crippen molar-refractivity contribution in [2.24, 2.45) is 0 Å². The van der Waals surface area contributed by atoms with Crippen molar-refractivity contribution in [3.8, 4) is 5.75 Å². The van der Waals surface area contributed by atoms with Crippen molar-refractivity contribution in [1.29, 1.82) is 0 Å². The molecule has 0 saturated carbocycles. The van der Waals surface area contributed by atoms with Crippen LogP contribution < -0.4 is 9.64 Å². The first-order valence-corrected chi connectivity index (χ1v) is 15.3. The molecule has 2 heterocycles. The Labute approximate surface area is 193 Å². The number of ether oxygens (including phenoxy) is 2. The summed E-state index contributed by atoms with van der Waals surface area (Å²) < 4.78 is 11.7. The summed E-state index contributed by atoms with van der Waals surface area (Å²) in [4.78, 5) is 7.37. The Balaban J connectivity index is 1.73. The SMILES string of the molecule is Cc1ncc(N2CC(c3c(OCOCC[Si](C)(C)C)ccc(Cl)c3Cl)CC2=S)s1. The Hall–Kier alpha value is -0.703. The van der Waals surface area contributed by atoms with Gasteiger partial charge in [0.15, 0.2) is 6.79 Å². The molecule has 1 saturated heterocycles. The number of halogens is 2. The molecule has 1 aliphatic rings. The van der Waals surface area contributed by atoms with Gasteiger partial charge >= 0.3 is 0 Å². The zero-order chi connectivity index (χ0) is 21.2. The zero-order valence-electron chi connectivity index (χ0n) is 17.1. The normalized spacial score (nSPS) is 17.2. The number of thiocarbonyl (C=S) groups is 1. The predicted octanol–water partition coefficient (Wildman–Crippen LogP) is 6.77. The minimum absolute atomic E-state index is 0.105. The molecule has 0 radical (unpaired) electrons. The van der Waals surface area contributed by atoms with Gasteiger partial charge in [0, 0.05) is 39.1 Å². The molecule has 0 spiro atoms. The summed E-state index contributed by atoms with van der Waals surface area (Å²) in [5.74, 6) is 0.815. The van der Waals surface area contributed by atoms with Crippen molar-refractivity contribution in [2.75, 3.05) is 24.8 Å². The average Bonchev–Trinajstić information content (AvgIpc) is 3.22. The number of aryl methyl sites for hydroxylation is 1. The van der Waals surface area contributed by atoms with Crippen LogP contribution in [0.1, 0.15) is 22.9 Å². The van der Waals surface area contributed by atoms with Crippen molar-refractivity contribution in [2.45, 2.75) is 44.9 Å². The predicted molar refractivity (Wildman–Crippen MR) is 130 cm³/mol. The fraction of sp³-hybridized carbons (Fsp3) is 0.500. The van der Waals surface area contributed by atoms with Crippen LogP contribution in [0.4, 0.5) is 5.00 Å². The lowest BCUT2D eigenvalue weighted by Gasteiger charge is -2.20. The minimum atomic E-state index is -1.12. The number of thiazole rings is 1. The molecule has 9 heteroatoms. The number of hydrogen-bond donors (Lipinski definition) is 0. The summed E-state index contributed by atoms with van der Waals surface area (Å²) in [7, 11) is -1.12. The molecule has 0 amide bonds. The van der Waals surface area contributed by atoms with E-state index in [1.807, 2.05) is 19.2 Å². The van der Waals surface area contributed by atoms with E-state index in [0.29, 0.717) is 22.4 Å². The van der Waals surface area contributed by atoms with Crippen LogP contribution in [-0.4, -0.2) is 38.0 Å². The molecule has 1 aromatic carbocycles. The molecule has 0 bridgehead atoms. The summed E-state index contributed by atoms with van der Waals surface area (Å²) in [5, 5.41) is 3.13. The molecule has 1 aromatic heterocycles. The Kier molecular flexibility index (Phi) is 7.62. The van der Waals surface area contributed by atoms with Crippen LogP contribution in [0, 0.1) is 6.92 Å². The first-order chi connectivity index (χ1) is 13.7. The van der Waals surface area contributed by atoms with Gasteiger partial charge in [-0.05, 0) is 25.1 Å². The van der Waals surface area contributed by atoms with E-state index in [0.717, 1.165) is 39.6 Å². The third-order valence-corrected chi connectivity index (χ3v) is 8.64. The molecule has 1 aliphatic heterocycles. The van der Waals surface area contributed by atoms with Gasteiger partial charge < -0.3 is 14.4 Å². The van der Waals surface area contributed by atoms with Gasteiger partial charge in [-0.2, -0.15) is 0 Å². The molecule has 3 rings (SSSR count). The minimum Gasteiger partial charge on any atom is -0.467 e. The van der Waals surface area contributed by atoms with E-state index in [4.69, 9.17) is 44.9 Å². The lowest BCUT2D eigenvalue weighted by molar-refractivity contribution is 0.0213. The quantitative estimate of drug-likeness (QED) is 0.177. The van der Waals surface area contributed by atoms with Crippen LogP contribution in [-0.2, 0) is 4.74 Å². The number of aromatic nitrogens is 1. The monoisotopic (exact) mass is 488 g/mol. The number of rotatable bonds is 8. The average molecular weight is 490 g/mol. The van der Waals surface area contributed by atoms with Gasteiger partial charge in [-0.3, -0.25) is 0 Å². The fourth-order valence-electron chi connectivity index (χ4n) is 3.19. The van der Waals surface area contributed by atoms with E-state index >= 15 is 0 Å². The van der Waals surface area contributed by atoms with Crippen LogP contribution >= 0.6 is 46.8 Å².